The predicted molar refractivity (Wildman–Crippen MR) is 89.4 cm³/mol. The molecule has 2 aromatic rings. The third kappa shape index (κ3) is 5.39. The summed E-state index contributed by atoms with van der Waals surface area (Å²) < 4.78 is 18.5. The van der Waals surface area contributed by atoms with E-state index in [-0.39, 0.29) is 18.8 Å². The standard InChI is InChI=1S/C18H19FN2O3/c1-24-15-8-6-14(7-9-15)21-18(23)12-17(22)20-11-10-13-4-2-3-5-16(13)19/h2-9H,10-12H2,1H3,(H,20,22)(H,21,23). The fraction of sp³-hybridized carbons (Fsp3) is 0.222. The molecule has 0 spiro atoms. The number of methoxy groups -OCH3 is 1. The van der Waals surface area contributed by atoms with Crippen LogP contribution < -0.4 is 15.4 Å². The van der Waals surface area contributed by atoms with Crippen LogP contribution in [0.2, 0.25) is 0 Å². The number of anilines is 1. The SMILES string of the molecule is COc1ccc(NC(=O)CC(=O)NCCc2ccccc2F)cc1. The summed E-state index contributed by atoms with van der Waals surface area (Å²) in [6.07, 6.45) is 0.0851. The van der Waals surface area contributed by atoms with Crippen LogP contribution in [0, 0.1) is 5.82 Å². The van der Waals surface area contributed by atoms with Crippen LogP contribution >= 0.6 is 0 Å². The molecule has 0 aliphatic heterocycles. The van der Waals surface area contributed by atoms with E-state index >= 15 is 0 Å². The van der Waals surface area contributed by atoms with Gasteiger partial charge in [0, 0.05) is 12.2 Å². The van der Waals surface area contributed by atoms with Gasteiger partial charge in [0.1, 0.15) is 18.0 Å². The van der Waals surface area contributed by atoms with Gasteiger partial charge in [-0.15, -0.1) is 0 Å². The topological polar surface area (TPSA) is 67.4 Å². The Bertz CT molecular complexity index is 702. The van der Waals surface area contributed by atoms with Gasteiger partial charge >= 0.3 is 0 Å². The van der Waals surface area contributed by atoms with Gasteiger partial charge in [0.25, 0.3) is 0 Å². The summed E-state index contributed by atoms with van der Waals surface area (Å²) in [6, 6.07) is 13.2. The molecule has 2 amide bonds. The Labute approximate surface area is 139 Å². The molecule has 0 aliphatic rings. The van der Waals surface area contributed by atoms with Gasteiger partial charge < -0.3 is 15.4 Å². The molecule has 0 heterocycles. The van der Waals surface area contributed by atoms with Crippen LogP contribution in [0.15, 0.2) is 48.5 Å². The largest absolute Gasteiger partial charge is 0.497 e. The highest BCUT2D eigenvalue weighted by atomic mass is 19.1. The van der Waals surface area contributed by atoms with Crippen LogP contribution in [-0.2, 0) is 16.0 Å². The van der Waals surface area contributed by atoms with E-state index in [1.165, 1.54) is 6.07 Å². The molecule has 0 bridgehead atoms. The van der Waals surface area contributed by atoms with E-state index in [4.69, 9.17) is 4.74 Å². The van der Waals surface area contributed by atoms with E-state index in [9.17, 15) is 14.0 Å². The molecule has 0 fully saturated rings. The summed E-state index contributed by atoms with van der Waals surface area (Å²) in [5.41, 5.74) is 1.11. The monoisotopic (exact) mass is 330 g/mol. The van der Waals surface area contributed by atoms with Gasteiger partial charge in [0.2, 0.25) is 11.8 Å². The number of halogens is 1. The minimum absolute atomic E-state index is 0.273. The predicted octanol–water partition coefficient (Wildman–Crippen LogP) is 2.52. The first kappa shape index (κ1) is 17.5. The average molecular weight is 330 g/mol. The molecule has 0 aromatic heterocycles. The number of amides is 2. The number of carbonyl (C=O) groups is 2. The highest BCUT2D eigenvalue weighted by molar-refractivity contribution is 6.03. The number of hydrogen-bond acceptors (Lipinski definition) is 3. The Balaban J connectivity index is 1.73. The molecule has 24 heavy (non-hydrogen) atoms. The van der Waals surface area contributed by atoms with Gasteiger partial charge in [-0.1, -0.05) is 18.2 Å². The zero-order valence-corrected chi connectivity index (χ0v) is 13.3. The number of rotatable bonds is 7. The summed E-state index contributed by atoms with van der Waals surface area (Å²) in [5, 5.41) is 5.23. The van der Waals surface area contributed by atoms with Crippen LogP contribution in [0.1, 0.15) is 12.0 Å². The second-order valence-corrected chi connectivity index (χ2v) is 5.14. The van der Waals surface area contributed by atoms with Crippen molar-refractivity contribution in [3.05, 3.63) is 59.9 Å². The summed E-state index contributed by atoms with van der Waals surface area (Å²) in [6.45, 7) is 0.273. The molecule has 2 N–H and O–H groups in total. The number of benzene rings is 2. The molecule has 2 rings (SSSR count). The summed E-state index contributed by atoms with van der Waals surface area (Å²) in [7, 11) is 1.55. The lowest BCUT2D eigenvalue weighted by atomic mass is 10.1. The maximum absolute atomic E-state index is 13.4. The van der Waals surface area contributed by atoms with Crippen LogP contribution in [0.25, 0.3) is 0 Å². The number of nitrogens with one attached hydrogen (secondary N) is 2. The van der Waals surface area contributed by atoms with Crippen molar-refractivity contribution in [3.8, 4) is 5.75 Å². The van der Waals surface area contributed by atoms with Crippen molar-refractivity contribution < 1.29 is 18.7 Å². The maximum atomic E-state index is 13.4. The molecule has 0 saturated heterocycles. The highest BCUT2D eigenvalue weighted by Crippen LogP contribution is 2.15. The first-order chi connectivity index (χ1) is 11.6. The Morgan fingerprint density at radius 1 is 1.04 bits per heavy atom. The molecule has 5 nitrogen and oxygen atoms in total. The van der Waals surface area contributed by atoms with Gasteiger partial charge in [-0.05, 0) is 42.3 Å². The quantitative estimate of drug-likeness (QED) is 0.767. The van der Waals surface area contributed by atoms with Gasteiger partial charge in [0.15, 0.2) is 0 Å². The minimum Gasteiger partial charge on any atom is -0.497 e. The molecule has 0 unspecified atom stereocenters. The molecule has 0 aliphatic carbocycles. The minimum atomic E-state index is -0.413. The van der Waals surface area contributed by atoms with E-state index in [2.05, 4.69) is 10.6 Å². The Morgan fingerprint density at radius 2 is 1.75 bits per heavy atom. The zero-order valence-electron chi connectivity index (χ0n) is 13.3. The van der Waals surface area contributed by atoms with Gasteiger partial charge in [-0.25, -0.2) is 4.39 Å². The van der Waals surface area contributed by atoms with Crippen molar-refractivity contribution in [1.82, 2.24) is 5.32 Å². The summed E-state index contributed by atoms with van der Waals surface area (Å²) >= 11 is 0. The Morgan fingerprint density at radius 3 is 2.42 bits per heavy atom. The van der Waals surface area contributed by atoms with Crippen LogP contribution in [0.5, 0.6) is 5.75 Å². The van der Waals surface area contributed by atoms with E-state index in [1.54, 1.807) is 49.6 Å². The zero-order chi connectivity index (χ0) is 17.4. The lowest BCUT2D eigenvalue weighted by molar-refractivity contribution is -0.126. The molecule has 126 valence electrons. The van der Waals surface area contributed by atoms with Gasteiger partial charge in [0.05, 0.1) is 7.11 Å². The fourth-order valence-corrected chi connectivity index (χ4v) is 2.13. The lowest BCUT2D eigenvalue weighted by Gasteiger charge is -2.08. The molecule has 6 heteroatoms. The Hall–Kier alpha value is -2.89. The average Bonchev–Trinajstić information content (AvgIpc) is 2.57. The normalized spacial score (nSPS) is 10.1. The van der Waals surface area contributed by atoms with Crippen molar-refractivity contribution in [1.29, 1.82) is 0 Å². The number of ether oxygens (including phenoxy) is 1. The molecule has 0 atom stereocenters. The lowest BCUT2D eigenvalue weighted by Crippen LogP contribution is -2.29. The number of hydrogen-bond donors (Lipinski definition) is 2. The number of carbonyl (C=O) groups excluding carboxylic acids is 2. The second kappa shape index (κ2) is 8.67. The summed E-state index contributed by atoms with van der Waals surface area (Å²) in [4.78, 5) is 23.5. The molecule has 0 saturated carbocycles. The molecular formula is C18H19FN2O3. The van der Waals surface area contributed by atoms with E-state index in [1.807, 2.05) is 0 Å². The van der Waals surface area contributed by atoms with Crippen molar-refractivity contribution in [2.24, 2.45) is 0 Å². The molecular weight excluding hydrogens is 311 g/mol. The van der Waals surface area contributed by atoms with Gasteiger partial charge in [-0.2, -0.15) is 0 Å². The third-order valence-corrected chi connectivity index (χ3v) is 3.37. The third-order valence-electron chi connectivity index (χ3n) is 3.37. The Kier molecular flexibility index (Phi) is 6.31. The van der Waals surface area contributed by atoms with Crippen LogP contribution in [0.3, 0.4) is 0 Å². The van der Waals surface area contributed by atoms with Crippen LogP contribution in [-0.4, -0.2) is 25.5 Å². The van der Waals surface area contributed by atoms with E-state index in [0.717, 1.165) is 0 Å². The van der Waals surface area contributed by atoms with Gasteiger partial charge in [-0.3, -0.25) is 9.59 Å². The van der Waals surface area contributed by atoms with Crippen molar-refractivity contribution in [2.75, 3.05) is 19.0 Å². The van der Waals surface area contributed by atoms with Crippen LogP contribution in [0.4, 0.5) is 10.1 Å². The van der Waals surface area contributed by atoms with Crippen molar-refractivity contribution in [2.45, 2.75) is 12.8 Å². The smallest absolute Gasteiger partial charge is 0.233 e. The molecule has 0 radical (unpaired) electrons. The van der Waals surface area contributed by atoms with E-state index < -0.39 is 11.8 Å². The van der Waals surface area contributed by atoms with Crippen molar-refractivity contribution in [3.63, 3.8) is 0 Å². The first-order valence-electron chi connectivity index (χ1n) is 7.52. The highest BCUT2D eigenvalue weighted by Gasteiger charge is 2.10. The fourth-order valence-electron chi connectivity index (χ4n) is 2.13. The molecule has 2 aromatic carbocycles. The maximum Gasteiger partial charge on any atom is 0.233 e. The van der Waals surface area contributed by atoms with Crippen molar-refractivity contribution >= 4 is 17.5 Å². The summed E-state index contributed by atoms with van der Waals surface area (Å²) in [5.74, 6) is -0.441. The first-order valence-corrected chi connectivity index (χ1v) is 7.52. The second-order valence-electron chi connectivity index (χ2n) is 5.14. The van der Waals surface area contributed by atoms with E-state index in [0.29, 0.717) is 23.4 Å².